The van der Waals surface area contributed by atoms with E-state index < -0.39 is 0 Å². The second-order valence-corrected chi connectivity index (χ2v) is 6.12. The minimum Gasteiger partial charge on any atom is -0.363 e. The third-order valence-electron chi connectivity index (χ3n) is 4.25. The topological polar surface area (TPSA) is 79.8 Å². The molecule has 1 fully saturated rings. The SMILES string of the molecule is O=C(NC1CCCCCC1)c1cnc(NCc2ccccn2)cn1. The van der Waals surface area contributed by atoms with Crippen molar-refractivity contribution in [3.05, 3.63) is 48.2 Å². The maximum atomic E-state index is 12.3. The summed E-state index contributed by atoms with van der Waals surface area (Å²) in [6.45, 7) is 0.573. The number of anilines is 1. The Kier molecular flexibility index (Phi) is 5.71. The Labute approximate surface area is 142 Å². The minimum atomic E-state index is -0.134. The Balaban J connectivity index is 1.52. The molecule has 2 N–H and O–H groups in total. The van der Waals surface area contributed by atoms with E-state index in [-0.39, 0.29) is 11.9 Å². The lowest BCUT2D eigenvalue weighted by atomic mass is 10.1. The zero-order chi connectivity index (χ0) is 16.6. The van der Waals surface area contributed by atoms with Gasteiger partial charge in [-0.1, -0.05) is 31.7 Å². The van der Waals surface area contributed by atoms with Gasteiger partial charge < -0.3 is 10.6 Å². The Morgan fingerprint density at radius 1 is 1.04 bits per heavy atom. The third kappa shape index (κ3) is 4.75. The van der Waals surface area contributed by atoms with Gasteiger partial charge in [0.1, 0.15) is 11.5 Å². The van der Waals surface area contributed by atoms with Gasteiger partial charge in [0.25, 0.3) is 5.91 Å². The highest BCUT2D eigenvalue weighted by molar-refractivity contribution is 5.92. The number of aromatic nitrogens is 3. The number of nitrogens with one attached hydrogen (secondary N) is 2. The van der Waals surface area contributed by atoms with E-state index in [9.17, 15) is 4.79 Å². The van der Waals surface area contributed by atoms with Crippen LogP contribution in [0.2, 0.25) is 0 Å². The second-order valence-electron chi connectivity index (χ2n) is 6.12. The van der Waals surface area contributed by atoms with Crippen LogP contribution in [0, 0.1) is 0 Å². The molecule has 0 spiro atoms. The van der Waals surface area contributed by atoms with Crippen LogP contribution in [0.4, 0.5) is 5.82 Å². The zero-order valence-corrected chi connectivity index (χ0v) is 13.7. The van der Waals surface area contributed by atoms with E-state index in [1.807, 2.05) is 18.2 Å². The summed E-state index contributed by atoms with van der Waals surface area (Å²) in [6.07, 6.45) is 11.9. The van der Waals surface area contributed by atoms with Gasteiger partial charge in [0.15, 0.2) is 0 Å². The molecule has 1 aliphatic rings. The van der Waals surface area contributed by atoms with Crippen molar-refractivity contribution in [1.82, 2.24) is 20.3 Å². The summed E-state index contributed by atoms with van der Waals surface area (Å²) in [4.78, 5) is 25.0. The Hall–Kier alpha value is -2.50. The molecule has 0 bridgehead atoms. The van der Waals surface area contributed by atoms with Crippen molar-refractivity contribution in [3.63, 3.8) is 0 Å². The fourth-order valence-electron chi connectivity index (χ4n) is 2.90. The Bertz CT molecular complexity index is 636. The summed E-state index contributed by atoms with van der Waals surface area (Å²) in [5.41, 5.74) is 1.29. The molecule has 2 aromatic rings. The smallest absolute Gasteiger partial charge is 0.271 e. The van der Waals surface area contributed by atoms with E-state index in [2.05, 4.69) is 25.6 Å². The third-order valence-corrected chi connectivity index (χ3v) is 4.25. The lowest BCUT2D eigenvalue weighted by Gasteiger charge is -2.15. The maximum Gasteiger partial charge on any atom is 0.271 e. The predicted molar refractivity (Wildman–Crippen MR) is 92.6 cm³/mol. The number of hydrogen-bond donors (Lipinski definition) is 2. The van der Waals surface area contributed by atoms with E-state index in [1.165, 1.54) is 31.9 Å². The molecule has 2 heterocycles. The second kappa shape index (κ2) is 8.38. The van der Waals surface area contributed by atoms with Gasteiger partial charge in [-0.15, -0.1) is 0 Å². The summed E-state index contributed by atoms with van der Waals surface area (Å²) in [5, 5.41) is 6.23. The van der Waals surface area contributed by atoms with Crippen molar-refractivity contribution in [3.8, 4) is 0 Å². The fourth-order valence-corrected chi connectivity index (χ4v) is 2.90. The standard InChI is InChI=1S/C18H23N5O/c24-18(23-14-7-3-1-2-4-8-14)16-12-22-17(13-20-16)21-11-15-9-5-6-10-19-15/h5-6,9-10,12-14H,1-4,7-8,11H2,(H,21,22)(H,23,24). The molecule has 0 saturated heterocycles. The van der Waals surface area contributed by atoms with Gasteiger partial charge in [0, 0.05) is 12.2 Å². The van der Waals surface area contributed by atoms with Crippen molar-refractivity contribution < 1.29 is 4.79 Å². The molecule has 0 radical (unpaired) electrons. The van der Waals surface area contributed by atoms with E-state index in [1.54, 1.807) is 12.4 Å². The molecule has 1 aliphatic carbocycles. The van der Waals surface area contributed by atoms with Gasteiger partial charge >= 0.3 is 0 Å². The summed E-state index contributed by atoms with van der Waals surface area (Å²) in [5.74, 6) is 0.498. The predicted octanol–water partition coefficient (Wildman–Crippen LogP) is 2.94. The molecule has 3 rings (SSSR count). The molecule has 0 aromatic carbocycles. The summed E-state index contributed by atoms with van der Waals surface area (Å²) < 4.78 is 0. The molecule has 0 unspecified atom stereocenters. The minimum absolute atomic E-state index is 0.134. The molecular weight excluding hydrogens is 302 g/mol. The molecule has 6 nitrogen and oxygen atoms in total. The molecule has 2 aromatic heterocycles. The average Bonchev–Trinajstić information content (AvgIpc) is 2.90. The van der Waals surface area contributed by atoms with Crippen LogP contribution < -0.4 is 10.6 Å². The van der Waals surface area contributed by atoms with Crippen molar-refractivity contribution in [2.75, 3.05) is 5.32 Å². The van der Waals surface area contributed by atoms with Crippen molar-refractivity contribution in [1.29, 1.82) is 0 Å². The highest BCUT2D eigenvalue weighted by atomic mass is 16.1. The van der Waals surface area contributed by atoms with Crippen LogP contribution in [0.15, 0.2) is 36.8 Å². The molecule has 6 heteroatoms. The molecule has 0 atom stereocenters. The summed E-state index contributed by atoms with van der Waals surface area (Å²) in [6, 6.07) is 6.03. The monoisotopic (exact) mass is 325 g/mol. The fraction of sp³-hybridized carbons (Fsp3) is 0.444. The van der Waals surface area contributed by atoms with Crippen LogP contribution in [0.3, 0.4) is 0 Å². The first kappa shape index (κ1) is 16.4. The van der Waals surface area contributed by atoms with Gasteiger partial charge in [-0.3, -0.25) is 9.78 Å². The highest BCUT2D eigenvalue weighted by Crippen LogP contribution is 2.17. The number of pyridine rings is 1. The van der Waals surface area contributed by atoms with Crippen LogP contribution in [-0.4, -0.2) is 26.9 Å². The van der Waals surface area contributed by atoms with Crippen molar-refractivity contribution in [2.24, 2.45) is 0 Å². The quantitative estimate of drug-likeness (QED) is 0.826. The molecule has 0 aliphatic heterocycles. The molecule has 1 saturated carbocycles. The van der Waals surface area contributed by atoms with Crippen LogP contribution in [0.5, 0.6) is 0 Å². The van der Waals surface area contributed by atoms with Gasteiger partial charge in [-0.25, -0.2) is 9.97 Å². The van der Waals surface area contributed by atoms with E-state index in [0.717, 1.165) is 18.5 Å². The van der Waals surface area contributed by atoms with Gasteiger partial charge in [0.2, 0.25) is 0 Å². The number of rotatable bonds is 5. The van der Waals surface area contributed by atoms with Crippen LogP contribution >= 0.6 is 0 Å². The Morgan fingerprint density at radius 3 is 2.54 bits per heavy atom. The van der Waals surface area contributed by atoms with Crippen LogP contribution in [0.25, 0.3) is 0 Å². The van der Waals surface area contributed by atoms with Gasteiger partial charge in [-0.2, -0.15) is 0 Å². The molecular formula is C18H23N5O. The Morgan fingerprint density at radius 2 is 1.88 bits per heavy atom. The van der Waals surface area contributed by atoms with E-state index in [0.29, 0.717) is 18.1 Å². The lowest BCUT2D eigenvalue weighted by Crippen LogP contribution is -2.34. The molecule has 1 amide bonds. The number of carbonyl (C=O) groups is 1. The van der Waals surface area contributed by atoms with Crippen LogP contribution in [-0.2, 0) is 6.54 Å². The van der Waals surface area contributed by atoms with Gasteiger partial charge in [-0.05, 0) is 25.0 Å². The van der Waals surface area contributed by atoms with Gasteiger partial charge in [0.05, 0.1) is 24.6 Å². The van der Waals surface area contributed by atoms with E-state index in [4.69, 9.17) is 0 Å². The van der Waals surface area contributed by atoms with Crippen LogP contribution in [0.1, 0.15) is 54.7 Å². The number of carbonyl (C=O) groups excluding carboxylic acids is 1. The largest absolute Gasteiger partial charge is 0.363 e. The summed E-state index contributed by atoms with van der Waals surface area (Å²) >= 11 is 0. The maximum absolute atomic E-state index is 12.3. The lowest BCUT2D eigenvalue weighted by molar-refractivity contribution is 0.0928. The normalized spacial score (nSPS) is 15.5. The first-order valence-corrected chi connectivity index (χ1v) is 8.58. The van der Waals surface area contributed by atoms with Crippen molar-refractivity contribution in [2.45, 2.75) is 51.1 Å². The number of hydrogen-bond acceptors (Lipinski definition) is 5. The van der Waals surface area contributed by atoms with E-state index >= 15 is 0 Å². The molecule has 126 valence electrons. The average molecular weight is 325 g/mol. The number of amides is 1. The number of nitrogens with zero attached hydrogens (tertiary/aromatic N) is 3. The zero-order valence-electron chi connectivity index (χ0n) is 13.7. The summed E-state index contributed by atoms with van der Waals surface area (Å²) in [7, 11) is 0. The first-order chi connectivity index (χ1) is 11.8. The molecule has 24 heavy (non-hydrogen) atoms. The first-order valence-electron chi connectivity index (χ1n) is 8.58. The highest BCUT2D eigenvalue weighted by Gasteiger charge is 2.16. The van der Waals surface area contributed by atoms with Crippen molar-refractivity contribution >= 4 is 11.7 Å².